The Morgan fingerprint density at radius 2 is 2.36 bits per heavy atom. The predicted molar refractivity (Wildman–Crippen MR) is 56.4 cm³/mol. The molecule has 6 heteroatoms. The maximum absolute atomic E-state index is 11.1. The van der Waals surface area contributed by atoms with E-state index in [4.69, 9.17) is 11.6 Å². The van der Waals surface area contributed by atoms with Crippen molar-refractivity contribution >= 4 is 29.3 Å². The molecule has 1 N–H and O–H groups in total. The Hall–Kier alpha value is -0.810. The Morgan fingerprint density at radius 3 is 2.93 bits per heavy atom. The van der Waals surface area contributed by atoms with Crippen molar-refractivity contribution in [1.29, 1.82) is 0 Å². The fraction of sp³-hybridized carbons (Fsp3) is 0.375. The SMILES string of the molecule is CCNC(=O)CSc1ccc(Cl)nn1. The zero-order chi connectivity index (χ0) is 10.4. The van der Waals surface area contributed by atoms with Crippen LogP contribution in [0.5, 0.6) is 0 Å². The summed E-state index contributed by atoms with van der Waals surface area (Å²) in [7, 11) is 0. The molecule has 1 aromatic rings. The van der Waals surface area contributed by atoms with E-state index in [0.717, 1.165) is 0 Å². The monoisotopic (exact) mass is 231 g/mol. The Kier molecular flexibility index (Phi) is 4.69. The molecular weight excluding hydrogens is 222 g/mol. The van der Waals surface area contributed by atoms with Crippen LogP contribution in [0.4, 0.5) is 0 Å². The quantitative estimate of drug-likeness (QED) is 0.795. The molecule has 76 valence electrons. The highest BCUT2D eigenvalue weighted by Gasteiger charge is 2.02. The van der Waals surface area contributed by atoms with Gasteiger partial charge in [0.15, 0.2) is 5.15 Å². The van der Waals surface area contributed by atoms with E-state index in [1.807, 2.05) is 6.92 Å². The second kappa shape index (κ2) is 5.82. The number of carbonyl (C=O) groups excluding carboxylic acids is 1. The van der Waals surface area contributed by atoms with Crippen LogP contribution in [0.3, 0.4) is 0 Å². The van der Waals surface area contributed by atoms with Crippen LogP contribution < -0.4 is 5.32 Å². The summed E-state index contributed by atoms with van der Waals surface area (Å²) in [4.78, 5) is 11.1. The maximum atomic E-state index is 11.1. The lowest BCUT2D eigenvalue weighted by Gasteiger charge is -2.00. The van der Waals surface area contributed by atoms with Gasteiger partial charge in [-0.2, -0.15) is 0 Å². The molecule has 0 saturated heterocycles. The lowest BCUT2D eigenvalue weighted by molar-refractivity contribution is -0.118. The van der Waals surface area contributed by atoms with Crippen LogP contribution in [0.1, 0.15) is 6.92 Å². The molecule has 0 bridgehead atoms. The fourth-order valence-electron chi connectivity index (χ4n) is 0.768. The van der Waals surface area contributed by atoms with E-state index in [1.54, 1.807) is 12.1 Å². The number of nitrogens with zero attached hydrogens (tertiary/aromatic N) is 2. The number of rotatable bonds is 4. The van der Waals surface area contributed by atoms with Crippen LogP contribution >= 0.6 is 23.4 Å². The first kappa shape index (κ1) is 11.3. The molecule has 14 heavy (non-hydrogen) atoms. The molecule has 1 rings (SSSR count). The third-order valence-corrected chi connectivity index (χ3v) is 2.45. The fourth-order valence-corrected chi connectivity index (χ4v) is 1.51. The zero-order valence-corrected chi connectivity index (χ0v) is 9.23. The van der Waals surface area contributed by atoms with Crippen molar-refractivity contribution in [2.24, 2.45) is 0 Å². The van der Waals surface area contributed by atoms with Crippen LogP contribution in [-0.4, -0.2) is 28.4 Å². The first-order valence-corrected chi connectivity index (χ1v) is 5.47. The standard InChI is InChI=1S/C8H10ClN3OS/c1-2-10-7(13)5-14-8-4-3-6(9)11-12-8/h3-4H,2,5H2,1H3,(H,10,13). The van der Waals surface area contributed by atoms with Crippen molar-refractivity contribution < 1.29 is 4.79 Å². The first-order chi connectivity index (χ1) is 6.72. The summed E-state index contributed by atoms with van der Waals surface area (Å²) >= 11 is 6.89. The highest BCUT2D eigenvalue weighted by molar-refractivity contribution is 7.99. The predicted octanol–water partition coefficient (Wildman–Crippen LogP) is 1.36. The van der Waals surface area contributed by atoms with Crippen molar-refractivity contribution in [2.45, 2.75) is 11.9 Å². The summed E-state index contributed by atoms with van der Waals surface area (Å²) in [6, 6.07) is 3.38. The minimum atomic E-state index is -0.00532. The number of aromatic nitrogens is 2. The summed E-state index contributed by atoms with van der Waals surface area (Å²) in [5, 5.41) is 11.2. The molecular formula is C8H10ClN3OS. The van der Waals surface area contributed by atoms with Gasteiger partial charge in [-0.15, -0.1) is 10.2 Å². The minimum Gasteiger partial charge on any atom is -0.356 e. The molecule has 0 aliphatic heterocycles. The van der Waals surface area contributed by atoms with Gasteiger partial charge < -0.3 is 5.32 Å². The molecule has 1 heterocycles. The van der Waals surface area contributed by atoms with Crippen LogP contribution in [0.25, 0.3) is 0 Å². The number of hydrogen-bond donors (Lipinski definition) is 1. The van der Waals surface area contributed by atoms with Gasteiger partial charge in [0.2, 0.25) is 5.91 Å². The normalized spacial score (nSPS) is 9.86. The number of nitrogens with one attached hydrogen (secondary N) is 1. The van der Waals surface area contributed by atoms with E-state index in [1.165, 1.54) is 11.8 Å². The minimum absolute atomic E-state index is 0.00532. The molecule has 1 aromatic heterocycles. The molecule has 0 saturated carbocycles. The van der Waals surface area contributed by atoms with Crippen LogP contribution in [0.15, 0.2) is 17.2 Å². The molecule has 0 aliphatic rings. The van der Waals surface area contributed by atoms with Crippen molar-refractivity contribution in [3.05, 3.63) is 17.3 Å². The number of halogens is 1. The molecule has 0 spiro atoms. The Labute approximate surface area is 91.4 Å². The molecule has 0 aromatic carbocycles. The van der Waals surface area contributed by atoms with E-state index in [9.17, 15) is 4.79 Å². The van der Waals surface area contributed by atoms with E-state index < -0.39 is 0 Å². The molecule has 0 atom stereocenters. The molecule has 4 nitrogen and oxygen atoms in total. The van der Waals surface area contributed by atoms with Gasteiger partial charge in [-0.1, -0.05) is 23.4 Å². The van der Waals surface area contributed by atoms with E-state index in [0.29, 0.717) is 22.5 Å². The second-order valence-electron chi connectivity index (χ2n) is 2.44. The topological polar surface area (TPSA) is 54.9 Å². The van der Waals surface area contributed by atoms with Crippen LogP contribution in [0.2, 0.25) is 5.15 Å². The summed E-state index contributed by atoms with van der Waals surface area (Å²) in [5.74, 6) is 0.346. The van der Waals surface area contributed by atoms with E-state index in [-0.39, 0.29) is 5.91 Å². The highest BCUT2D eigenvalue weighted by Crippen LogP contribution is 2.14. The van der Waals surface area contributed by atoms with Gasteiger partial charge in [0.05, 0.1) is 5.75 Å². The summed E-state index contributed by atoms with van der Waals surface area (Å²) in [5.41, 5.74) is 0. The average Bonchev–Trinajstić information content (AvgIpc) is 2.17. The molecule has 0 fully saturated rings. The van der Waals surface area contributed by atoms with Gasteiger partial charge in [0.25, 0.3) is 0 Å². The summed E-state index contributed by atoms with van der Waals surface area (Å²) in [6.45, 7) is 2.52. The molecule has 0 aliphatic carbocycles. The Bertz CT molecular complexity index is 304. The maximum Gasteiger partial charge on any atom is 0.230 e. The van der Waals surface area contributed by atoms with Gasteiger partial charge in [0, 0.05) is 6.54 Å². The number of hydrogen-bond acceptors (Lipinski definition) is 4. The van der Waals surface area contributed by atoms with E-state index >= 15 is 0 Å². The number of carbonyl (C=O) groups is 1. The largest absolute Gasteiger partial charge is 0.356 e. The first-order valence-electron chi connectivity index (χ1n) is 4.11. The van der Waals surface area contributed by atoms with Gasteiger partial charge in [-0.25, -0.2) is 0 Å². The van der Waals surface area contributed by atoms with E-state index in [2.05, 4.69) is 15.5 Å². The lowest BCUT2D eigenvalue weighted by atomic mass is 10.6. The molecule has 0 radical (unpaired) electrons. The van der Waals surface area contributed by atoms with Gasteiger partial charge >= 0.3 is 0 Å². The lowest BCUT2D eigenvalue weighted by Crippen LogP contribution is -2.24. The number of amides is 1. The van der Waals surface area contributed by atoms with Crippen molar-refractivity contribution in [3.8, 4) is 0 Å². The van der Waals surface area contributed by atoms with Crippen LogP contribution in [-0.2, 0) is 4.79 Å². The van der Waals surface area contributed by atoms with Gasteiger partial charge in [-0.3, -0.25) is 4.79 Å². The molecule has 0 unspecified atom stereocenters. The van der Waals surface area contributed by atoms with Crippen LogP contribution in [0, 0.1) is 0 Å². The number of thioether (sulfide) groups is 1. The highest BCUT2D eigenvalue weighted by atomic mass is 35.5. The van der Waals surface area contributed by atoms with Crippen molar-refractivity contribution in [1.82, 2.24) is 15.5 Å². The van der Waals surface area contributed by atoms with Gasteiger partial charge in [0.1, 0.15) is 5.03 Å². The summed E-state index contributed by atoms with van der Waals surface area (Å²) < 4.78 is 0. The third-order valence-electron chi connectivity index (χ3n) is 1.33. The zero-order valence-electron chi connectivity index (χ0n) is 7.66. The smallest absolute Gasteiger partial charge is 0.230 e. The average molecular weight is 232 g/mol. The Balaban J connectivity index is 2.38. The summed E-state index contributed by atoms with van der Waals surface area (Å²) in [6.07, 6.45) is 0. The second-order valence-corrected chi connectivity index (χ2v) is 3.82. The Morgan fingerprint density at radius 1 is 1.57 bits per heavy atom. The van der Waals surface area contributed by atoms with Crippen molar-refractivity contribution in [3.63, 3.8) is 0 Å². The third kappa shape index (κ3) is 3.93. The van der Waals surface area contributed by atoms with Gasteiger partial charge in [-0.05, 0) is 19.1 Å². The van der Waals surface area contributed by atoms with Crippen molar-refractivity contribution in [2.75, 3.05) is 12.3 Å². The molecule has 1 amide bonds.